The predicted octanol–water partition coefficient (Wildman–Crippen LogP) is 2.43. The van der Waals surface area contributed by atoms with Crippen LogP contribution in [0.3, 0.4) is 0 Å². The van der Waals surface area contributed by atoms with Crippen LogP contribution in [0.4, 0.5) is 0 Å². The van der Waals surface area contributed by atoms with Gasteiger partial charge in [0.15, 0.2) is 5.60 Å². The molecule has 0 radical (unpaired) electrons. The van der Waals surface area contributed by atoms with Gasteiger partial charge < -0.3 is 10.2 Å². The minimum absolute atomic E-state index is 0.159. The Kier molecular flexibility index (Phi) is 4.90. The lowest BCUT2D eigenvalue weighted by molar-refractivity contribution is -0.115. The first-order chi connectivity index (χ1) is 13.1. The maximum Gasteiger partial charge on any atom is 0.269 e. The van der Waals surface area contributed by atoms with Crippen molar-refractivity contribution < 1.29 is 9.63 Å². The zero-order valence-electron chi connectivity index (χ0n) is 15.5. The molecule has 1 N–H and O–H groups in total. The van der Waals surface area contributed by atoms with Crippen LogP contribution in [0.2, 0.25) is 0 Å². The summed E-state index contributed by atoms with van der Waals surface area (Å²) < 4.78 is 0. The molecule has 27 heavy (non-hydrogen) atoms. The van der Waals surface area contributed by atoms with Gasteiger partial charge in [0, 0.05) is 51.4 Å². The number of amides is 1. The van der Waals surface area contributed by atoms with E-state index in [4.69, 9.17) is 4.84 Å². The van der Waals surface area contributed by atoms with Gasteiger partial charge in [-0.1, -0.05) is 41.1 Å². The second-order valence-electron chi connectivity index (χ2n) is 7.48. The molecule has 1 amide bonds. The van der Waals surface area contributed by atoms with Crippen molar-refractivity contribution in [3.8, 4) is 0 Å². The number of carbonyl (C=O) groups excluding carboxylic acids is 1. The number of pyridine rings is 1. The van der Waals surface area contributed by atoms with Gasteiger partial charge in [0.05, 0.1) is 0 Å². The minimum atomic E-state index is -0.356. The summed E-state index contributed by atoms with van der Waals surface area (Å²) in [5.41, 5.74) is 3.67. The van der Waals surface area contributed by atoms with Gasteiger partial charge >= 0.3 is 0 Å². The van der Waals surface area contributed by atoms with Crippen LogP contribution in [-0.4, -0.2) is 40.2 Å². The summed E-state index contributed by atoms with van der Waals surface area (Å²) in [7, 11) is 0. The van der Waals surface area contributed by atoms with Gasteiger partial charge in [-0.2, -0.15) is 0 Å². The first-order valence-electron chi connectivity index (χ1n) is 9.32. The summed E-state index contributed by atoms with van der Waals surface area (Å²) in [6, 6.07) is 12.4. The molecule has 1 saturated heterocycles. The Morgan fingerprint density at radius 1 is 1.30 bits per heavy atom. The fraction of sp³-hybridized carbons (Fsp3) is 0.381. The average Bonchev–Trinajstić information content (AvgIpc) is 3.27. The Bertz CT molecular complexity index is 852. The number of nitrogens with zero attached hydrogens (tertiary/aromatic N) is 3. The number of aryl methyl sites for hydroxylation is 1. The number of oxime groups is 1. The highest BCUT2D eigenvalue weighted by molar-refractivity contribution is 6.39. The SMILES string of the molecule is Cc1cccc(CN2CCC3(CC(C(=O)NCc4cccnc4)=NO3)C2)c1. The van der Waals surface area contributed by atoms with Gasteiger partial charge in [0.1, 0.15) is 5.71 Å². The number of benzene rings is 1. The molecule has 1 unspecified atom stereocenters. The normalized spacial score (nSPS) is 21.9. The van der Waals surface area contributed by atoms with Crippen molar-refractivity contribution in [3.63, 3.8) is 0 Å². The van der Waals surface area contributed by atoms with Crippen molar-refractivity contribution in [1.29, 1.82) is 0 Å². The zero-order valence-corrected chi connectivity index (χ0v) is 15.5. The lowest BCUT2D eigenvalue weighted by Crippen LogP contribution is -2.36. The summed E-state index contributed by atoms with van der Waals surface area (Å²) in [5, 5.41) is 7.00. The standard InChI is InChI=1S/C21H24N4O2/c1-16-4-2-5-17(10-16)14-25-9-7-21(15-25)11-19(24-27-21)20(26)23-13-18-6-3-8-22-12-18/h2-6,8,10,12H,7,9,11,13-15H2,1H3,(H,23,26). The smallest absolute Gasteiger partial charge is 0.269 e. The Labute approximate surface area is 159 Å². The van der Waals surface area contributed by atoms with Crippen LogP contribution < -0.4 is 5.32 Å². The lowest BCUT2D eigenvalue weighted by atomic mass is 9.96. The Morgan fingerprint density at radius 2 is 2.19 bits per heavy atom. The fourth-order valence-corrected chi connectivity index (χ4v) is 3.78. The van der Waals surface area contributed by atoms with Gasteiger partial charge in [0.2, 0.25) is 0 Å². The van der Waals surface area contributed by atoms with E-state index in [0.717, 1.165) is 31.6 Å². The van der Waals surface area contributed by atoms with Crippen LogP contribution in [-0.2, 0) is 22.7 Å². The summed E-state index contributed by atoms with van der Waals surface area (Å²) in [6.45, 7) is 5.20. The van der Waals surface area contributed by atoms with Crippen molar-refractivity contribution in [3.05, 3.63) is 65.5 Å². The summed E-state index contributed by atoms with van der Waals surface area (Å²) in [6.07, 6.45) is 4.92. The van der Waals surface area contributed by atoms with E-state index in [2.05, 4.69) is 51.5 Å². The van der Waals surface area contributed by atoms with Crippen molar-refractivity contribution >= 4 is 11.6 Å². The van der Waals surface area contributed by atoms with E-state index in [1.165, 1.54) is 11.1 Å². The molecule has 0 saturated carbocycles. The molecule has 1 aromatic heterocycles. The molecule has 0 aliphatic carbocycles. The predicted molar refractivity (Wildman–Crippen MR) is 103 cm³/mol. The average molecular weight is 364 g/mol. The number of rotatable bonds is 5. The molecule has 1 spiro atoms. The van der Waals surface area contributed by atoms with Crippen LogP contribution in [0.1, 0.15) is 29.5 Å². The summed E-state index contributed by atoms with van der Waals surface area (Å²) >= 11 is 0. The van der Waals surface area contributed by atoms with Crippen LogP contribution in [0.15, 0.2) is 53.9 Å². The number of nitrogens with one attached hydrogen (secondary N) is 1. The highest BCUT2D eigenvalue weighted by atomic mass is 16.7. The van der Waals surface area contributed by atoms with Crippen molar-refractivity contribution in [2.75, 3.05) is 13.1 Å². The molecule has 2 aliphatic heterocycles. The third-order valence-corrected chi connectivity index (χ3v) is 5.16. The molecule has 2 aromatic rings. The van der Waals surface area contributed by atoms with E-state index in [0.29, 0.717) is 18.7 Å². The third kappa shape index (κ3) is 4.17. The second-order valence-corrected chi connectivity index (χ2v) is 7.48. The Hall–Kier alpha value is -2.73. The number of likely N-dealkylation sites (tertiary alicyclic amines) is 1. The molecule has 6 heteroatoms. The Balaban J connectivity index is 1.30. The van der Waals surface area contributed by atoms with Crippen LogP contribution >= 0.6 is 0 Å². The molecule has 0 bridgehead atoms. The summed E-state index contributed by atoms with van der Waals surface area (Å²) in [5.74, 6) is -0.159. The topological polar surface area (TPSA) is 66.8 Å². The van der Waals surface area contributed by atoms with Crippen molar-refractivity contribution in [2.24, 2.45) is 5.16 Å². The lowest BCUT2D eigenvalue weighted by Gasteiger charge is -2.21. The molecule has 1 aromatic carbocycles. The quantitative estimate of drug-likeness (QED) is 0.885. The first-order valence-corrected chi connectivity index (χ1v) is 9.32. The van der Waals surface area contributed by atoms with Crippen molar-refractivity contribution in [1.82, 2.24) is 15.2 Å². The van der Waals surface area contributed by atoms with Gasteiger partial charge in [-0.3, -0.25) is 14.7 Å². The van der Waals surface area contributed by atoms with E-state index in [9.17, 15) is 4.79 Å². The van der Waals surface area contributed by atoms with E-state index < -0.39 is 0 Å². The van der Waals surface area contributed by atoms with Crippen LogP contribution in [0.5, 0.6) is 0 Å². The number of aromatic nitrogens is 1. The highest BCUT2D eigenvalue weighted by Crippen LogP contribution is 2.34. The highest BCUT2D eigenvalue weighted by Gasteiger charge is 2.46. The number of hydrogen-bond acceptors (Lipinski definition) is 5. The molecule has 1 atom stereocenters. The largest absolute Gasteiger partial charge is 0.387 e. The van der Waals surface area contributed by atoms with Gasteiger partial charge in [-0.25, -0.2) is 0 Å². The van der Waals surface area contributed by atoms with E-state index in [1.807, 2.05) is 12.1 Å². The first kappa shape index (κ1) is 17.7. The molecule has 2 aliphatic rings. The van der Waals surface area contributed by atoms with Crippen LogP contribution in [0.25, 0.3) is 0 Å². The molecule has 1 fully saturated rings. The summed E-state index contributed by atoms with van der Waals surface area (Å²) in [4.78, 5) is 24.6. The van der Waals surface area contributed by atoms with Crippen molar-refractivity contribution in [2.45, 2.75) is 38.5 Å². The molecule has 3 heterocycles. The van der Waals surface area contributed by atoms with E-state index in [-0.39, 0.29) is 11.5 Å². The fourth-order valence-electron chi connectivity index (χ4n) is 3.78. The maximum atomic E-state index is 12.4. The second kappa shape index (κ2) is 7.48. The van der Waals surface area contributed by atoms with Crippen LogP contribution in [0, 0.1) is 6.92 Å². The maximum absolute atomic E-state index is 12.4. The molecular formula is C21H24N4O2. The molecular weight excluding hydrogens is 340 g/mol. The van der Waals surface area contributed by atoms with E-state index >= 15 is 0 Å². The molecule has 4 rings (SSSR count). The molecule has 6 nitrogen and oxygen atoms in total. The minimum Gasteiger partial charge on any atom is -0.387 e. The monoisotopic (exact) mass is 364 g/mol. The number of carbonyl (C=O) groups is 1. The van der Waals surface area contributed by atoms with Gasteiger partial charge in [0.25, 0.3) is 5.91 Å². The van der Waals surface area contributed by atoms with Gasteiger partial charge in [-0.15, -0.1) is 0 Å². The molecule has 140 valence electrons. The number of hydrogen-bond donors (Lipinski definition) is 1. The third-order valence-electron chi connectivity index (χ3n) is 5.16. The van der Waals surface area contributed by atoms with Gasteiger partial charge in [-0.05, 0) is 24.1 Å². The zero-order chi connectivity index (χ0) is 18.7. The Morgan fingerprint density at radius 3 is 3.00 bits per heavy atom. The van der Waals surface area contributed by atoms with E-state index in [1.54, 1.807) is 12.4 Å².